The van der Waals surface area contributed by atoms with Crippen LogP contribution in [0.1, 0.15) is 24.5 Å². The quantitative estimate of drug-likeness (QED) is 0.894. The van der Waals surface area contributed by atoms with Gasteiger partial charge in [-0.25, -0.2) is 13.4 Å². The lowest BCUT2D eigenvalue weighted by molar-refractivity contribution is 0.600. The zero-order valence-electron chi connectivity index (χ0n) is 9.79. The summed E-state index contributed by atoms with van der Waals surface area (Å²) in [4.78, 5) is 18.0. The maximum Gasteiger partial charge on any atom is 0.269 e. The minimum Gasteiger partial charge on any atom is -0.366 e. The largest absolute Gasteiger partial charge is 0.366 e. The van der Waals surface area contributed by atoms with Crippen molar-refractivity contribution >= 4 is 26.5 Å². The van der Waals surface area contributed by atoms with Crippen LogP contribution in [0.5, 0.6) is 0 Å². The highest BCUT2D eigenvalue weighted by Crippen LogP contribution is 2.41. The van der Waals surface area contributed by atoms with E-state index in [9.17, 15) is 13.2 Å². The minimum absolute atomic E-state index is 0.296. The third kappa shape index (κ3) is 2.54. The van der Waals surface area contributed by atoms with E-state index in [0.29, 0.717) is 11.0 Å². The molecule has 2 aromatic heterocycles. The van der Waals surface area contributed by atoms with Crippen molar-refractivity contribution in [3.8, 4) is 0 Å². The second-order valence-electron chi connectivity index (χ2n) is 4.33. The third-order valence-electron chi connectivity index (χ3n) is 2.82. The highest BCUT2D eigenvalue weighted by molar-refractivity contribution is 7.92. The van der Waals surface area contributed by atoms with Gasteiger partial charge in [-0.3, -0.25) is 9.52 Å². The Morgan fingerprint density at radius 1 is 1.42 bits per heavy atom. The van der Waals surface area contributed by atoms with Crippen LogP contribution in [0.15, 0.2) is 33.5 Å². The molecule has 0 unspecified atom stereocenters. The molecule has 19 heavy (non-hydrogen) atoms. The molecule has 2 N–H and O–H groups in total. The molecule has 3 rings (SSSR count). The summed E-state index contributed by atoms with van der Waals surface area (Å²) in [6.07, 6.45) is 4.76. The van der Waals surface area contributed by atoms with Crippen LogP contribution < -0.4 is 10.2 Å². The average molecular weight is 297 g/mol. The Labute approximate surface area is 113 Å². The molecule has 0 bridgehead atoms. The number of hydrogen-bond acceptors (Lipinski definition) is 5. The maximum atomic E-state index is 12.1. The van der Waals surface area contributed by atoms with Gasteiger partial charge in [0.05, 0.1) is 5.69 Å². The summed E-state index contributed by atoms with van der Waals surface area (Å²) in [5, 5.41) is 2.15. The zero-order valence-corrected chi connectivity index (χ0v) is 11.4. The van der Waals surface area contributed by atoms with Gasteiger partial charge in [-0.2, -0.15) is 0 Å². The number of nitrogens with one attached hydrogen (secondary N) is 2. The lowest BCUT2D eigenvalue weighted by Crippen LogP contribution is -2.20. The Hall–Kier alpha value is -1.67. The van der Waals surface area contributed by atoms with Crippen molar-refractivity contribution in [3.63, 3.8) is 0 Å². The number of sulfonamides is 1. The number of anilines is 1. The van der Waals surface area contributed by atoms with E-state index < -0.39 is 15.5 Å². The van der Waals surface area contributed by atoms with Crippen LogP contribution >= 0.6 is 11.3 Å². The van der Waals surface area contributed by atoms with Gasteiger partial charge in [0.15, 0.2) is 10.0 Å². The average Bonchev–Trinajstić information content (AvgIpc) is 3.11. The molecule has 0 amide bonds. The number of pyridine rings is 1. The molecule has 0 saturated heterocycles. The highest BCUT2D eigenvalue weighted by Gasteiger charge is 2.27. The number of hydrogen-bond donors (Lipinski definition) is 2. The normalized spacial score (nSPS) is 15.4. The first-order valence-corrected chi connectivity index (χ1v) is 8.08. The first-order valence-electron chi connectivity index (χ1n) is 5.71. The van der Waals surface area contributed by atoms with Gasteiger partial charge in [0.1, 0.15) is 0 Å². The predicted octanol–water partition coefficient (Wildman–Crippen LogP) is 1.51. The number of aromatic amines is 1. The molecule has 6 nitrogen and oxygen atoms in total. The monoisotopic (exact) mass is 297 g/mol. The second kappa shape index (κ2) is 4.46. The highest BCUT2D eigenvalue weighted by atomic mass is 32.2. The van der Waals surface area contributed by atoms with Gasteiger partial charge in [0.2, 0.25) is 5.43 Å². The molecule has 8 heteroatoms. The first-order chi connectivity index (χ1) is 9.06. The summed E-state index contributed by atoms with van der Waals surface area (Å²) in [6, 6.07) is 1.17. The van der Waals surface area contributed by atoms with Crippen molar-refractivity contribution < 1.29 is 8.42 Å². The van der Waals surface area contributed by atoms with Crippen LogP contribution in [0.3, 0.4) is 0 Å². The lowest BCUT2D eigenvalue weighted by Gasteiger charge is -2.03. The topological polar surface area (TPSA) is 91.9 Å². The lowest BCUT2D eigenvalue weighted by atomic mass is 10.3. The van der Waals surface area contributed by atoms with Crippen LogP contribution in [0.2, 0.25) is 0 Å². The van der Waals surface area contributed by atoms with Crippen molar-refractivity contribution in [1.82, 2.24) is 9.97 Å². The Balaban J connectivity index is 1.88. The smallest absolute Gasteiger partial charge is 0.269 e. The summed E-state index contributed by atoms with van der Waals surface area (Å²) in [6.45, 7) is 0. The van der Waals surface area contributed by atoms with Crippen LogP contribution in [0.4, 0.5) is 5.13 Å². The standard InChI is InChI=1S/C11H11N3O3S2/c15-9-3-4-12-5-10(9)19(16,17)14-11-13-8(6-18-11)7-1-2-7/h3-7H,1-2H2,(H,12,15)(H,13,14). The van der Waals surface area contributed by atoms with Crippen molar-refractivity contribution in [2.75, 3.05) is 4.72 Å². The summed E-state index contributed by atoms with van der Waals surface area (Å²) in [5.41, 5.74) is 0.370. The molecule has 100 valence electrons. The molecule has 0 radical (unpaired) electrons. The molecule has 2 aromatic rings. The van der Waals surface area contributed by atoms with E-state index in [-0.39, 0.29) is 4.90 Å². The van der Waals surface area contributed by atoms with E-state index in [1.54, 1.807) is 0 Å². The number of nitrogens with zero attached hydrogens (tertiary/aromatic N) is 1. The van der Waals surface area contributed by atoms with Crippen molar-refractivity contribution in [2.24, 2.45) is 0 Å². The molecule has 2 heterocycles. The first kappa shape index (κ1) is 12.4. The van der Waals surface area contributed by atoms with E-state index >= 15 is 0 Å². The SMILES string of the molecule is O=c1cc[nH]cc1S(=O)(=O)Nc1nc(C2CC2)cs1. The van der Waals surface area contributed by atoms with E-state index in [0.717, 1.165) is 18.5 Å². The molecule has 1 aliphatic carbocycles. The number of aromatic nitrogens is 2. The Morgan fingerprint density at radius 3 is 2.89 bits per heavy atom. The van der Waals surface area contributed by atoms with Crippen molar-refractivity contribution in [1.29, 1.82) is 0 Å². The summed E-state index contributed by atoms with van der Waals surface area (Å²) < 4.78 is 26.4. The Kier molecular flexibility index (Phi) is 2.90. The van der Waals surface area contributed by atoms with Gasteiger partial charge in [-0.15, -0.1) is 11.3 Å². The van der Waals surface area contributed by atoms with Crippen LogP contribution in [-0.4, -0.2) is 18.4 Å². The molecule has 1 saturated carbocycles. The van der Waals surface area contributed by atoms with Gasteiger partial charge in [0.25, 0.3) is 10.0 Å². The fourth-order valence-electron chi connectivity index (χ4n) is 1.68. The molecule has 0 aromatic carbocycles. The number of thiazole rings is 1. The van der Waals surface area contributed by atoms with E-state index in [1.807, 2.05) is 5.38 Å². The van der Waals surface area contributed by atoms with E-state index in [1.165, 1.54) is 29.8 Å². The summed E-state index contributed by atoms with van der Waals surface area (Å²) in [5.74, 6) is 0.467. The van der Waals surface area contributed by atoms with Gasteiger partial charge in [0, 0.05) is 29.8 Å². The van der Waals surface area contributed by atoms with Crippen molar-refractivity contribution in [2.45, 2.75) is 23.7 Å². The van der Waals surface area contributed by atoms with Crippen molar-refractivity contribution in [3.05, 3.63) is 39.8 Å². The van der Waals surface area contributed by atoms with Gasteiger partial charge < -0.3 is 4.98 Å². The van der Waals surface area contributed by atoms with Gasteiger partial charge >= 0.3 is 0 Å². The summed E-state index contributed by atoms with van der Waals surface area (Å²) in [7, 11) is -3.88. The fraction of sp³-hybridized carbons (Fsp3) is 0.273. The minimum atomic E-state index is -3.88. The molecular formula is C11H11N3O3S2. The molecule has 1 aliphatic rings. The van der Waals surface area contributed by atoms with E-state index in [4.69, 9.17) is 0 Å². The molecule has 1 fully saturated rings. The van der Waals surface area contributed by atoms with Gasteiger partial charge in [-0.1, -0.05) is 0 Å². The zero-order chi connectivity index (χ0) is 13.5. The molecular weight excluding hydrogens is 286 g/mol. The Bertz CT molecular complexity index is 759. The second-order valence-corrected chi connectivity index (χ2v) is 6.84. The van der Waals surface area contributed by atoms with Gasteiger partial charge in [-0.05, 0) is 12.8 Å². The third-order valence-corrected chi connectivity index (χ3v) is 5.08. The fourth-order valence-corrected chi connectivity index (χ4v) is 3.78. The predicted molar refractivity (Wildman–Crippen MR) is 72.0 cm³/mol. The number of H-pyrrole nitrogens is 1. The van der Waals surface area contributed by atoms with Crippen LogP contribution in [-0.2, 0) is 10.0 Å². The Morgan fingerprint density at radius 2 is 2.21 bits per heavy atom. The van der Waals surface area contributed by atoms with E-state index in [2.05, 4.69) is 14.7 Å². The molecule has 0 aliphatic heterocycles. The van der Waals surface area contributed by atoms with Crippen LogP contribution in [0.25, 0.3) is 0 Å². The summed E-state index contributed by atoms with van der Waals surface area (Å²) >= 11 is 1.23. The number of rotatable bonds is 4. The molecule has 0 spiro atoms. The van der Waals surface area contributed by atoms with Crippen LogP contribution in [0, 0.1) is 0 Å². The maximum absolute atomic E-state index is 12.1. The molecule has 0 atom stereocenters.